The summed E-state index contributed by atoms with van der Waals surface area (Å²) in [6.45, 7) is 1.46. The lowest BCUT2D eigenvalue weighted by molar-refractivity contribution is -0.121. The van der Waals surface area contributed by atoms with Crippen LogP contribution in [0.4, 0.5) is 10.1 Å². The van der Waals surface area contributed by atoms with E-state index in [1.54, 1.807) is 0 Å². The molecule has 9 nitrogen and oxygen atoms in total. The maximum absolute atomic E-state index is 14.1. The van der Waals surface area contributed by atoms with Crippen molar-refractivity contribution in [1.29, 1.82) is 0 Å². The number of rotatable bonds is 10. The predicted octanol–water partition coefficient (Wildman–Crippen LogP) is 1.43. The van der Waals surface area contributed by atoms with Crippen LogP contribution >= 0.6 is 0 Å². The topological polar surface area (TPSA) is 113 Å². The summed E-state index contributed by atoms with van der Waals surface area (Å²) in [7, 11) is -4.62. The second kappa shape index (κ2) is 10.3. The van der Waals surface area contributed by atoms with Gasteiger partial charge in [0.1, 0.15) is 24.2 Å². The third-order valence-electron chi connectivity index (χ3n) is 4.45. The van der Waals surface area contributed by atoms with Gasteiger partial charge >= 0.3 is 0 Å². The number of hydrogen-bond donors (Lipinski definition) is 1. The Morgan fingerprint density at radius 1 is 1.06 bits per heavy atom. The molecule has 176 valence electrons. The normalized spacial score (nSPS) is 12.9. The van der Waals surface area contributed by atoms with Gasteiger partial charge in [0.25, 0.3) is 0 Å². The lowest BCUT2D eigenvalue weighted by Gasteiger charge is -2.28. The highest BCUT2D eigenvalue weighted by Gasteiger charge is 2.30. The molecule has 0 fully saturated rings. The molecule has 0 saturated carbocycles. The maximum Gasteiger partial charge on any atom is 0.243 e. The molecule has 0 bridgehead atoms. The molecule has 1 atom stereocenters. The Kier molecular flexibility index (Phi) is 8.21. The number of amides is 1. The number of para-hydroxylation sites is 1. The molecule has 32 heavy (non-hydrogen) atoms. The van der Waals surface area contributed by atoms with E-state index in [-0.39, 0.29) is 23.7 Å². The van der Waals surface area contributed by atoms with Crippen molar-refractivity contribution in [3.63, 3.8) is 0 Å². The molecular formula is C20H26FN3O6S2. The summed E-state index contributed by atoms with van der Waals surface area (Å²) in [5.74, 6) is -0.996. The minimum atomic E-state index is -3.93. The van der Waals surface area contributed by atoms with Gasteiger partial charge < -0.3 is 10.1 Å². The van der Waals surface area contributed by atoms with E-state index in [4.69, 9.17) is 4.74 Å². The van der Waals surface area contributed by atoms with Crippen LogP contribution in [0.15, 0.2) is 53.4 Å². The number of carbonyl (C=O) groups is 1. The Hall–Kier alpha value is -2.70. The van der Waals surface area contributed by atoms with Gasteiger partial charge in [0.15, 0.2) is 0 Å². The molecule has 0 saturated heterocycles. The molecule has 0 aliphatic heterocycles. The van der Waals surface area contributed by atoms with Crippen molar-refractivity contribution in [1.82, 2.24) is 9.62 Å². The average Bonchev–Trinajstić information content (AvgIpc) is 2.71. The van der Waals surface area contributed by atoms with Gasteiger partial charge in [-0.05, 0) is 43.3 Å². The molecule has 1 N–H and O–H groups in total. The number of carbonyl (C=O) groups excluding carboxylic acids is 1. The molecule has 0 aliphatic carbocycles. The van der Waals surface area contributed by atoms with Crippen molar-refractivity contribution < 1.29 is 30.8 Å². The highest BCUT2D eigenvalue weighted by atomic mass is 32.2. The zero-order chi connectivity index (χ0) is 24.1. The molecule has 0 aromatic heterocycles. The first-order valence-electron chi connectivity index (χ1n) is 9.52. The second-order valence-corrected chi connectivity index (χ2v) is 11.1. The summed E-state index contributed by atoms with van der Waals surface area (Å²) in [4.78, 5) is 12.6. The van der Waals surface area contributed by atoms with E-state index in [0.717, 1.165) is 20.9 Å². The summed E-state index contributed by atoms with van der Waals surface area (Å²) < 4.78 is 69.9. The number of nitrogens with zero attached hydrogens (tertiary/aromatic N) is 2. The zero-order valence-electron chi connectivity index (χ0n) is 18.1. The summed E-state index contributed by atoms with van der Waals surface area (Å²) in [5, 5.41) is 2.55. The SMILES string of the molecule is C[C@@H](C(=O)NCCOc1ccc(S(=O)(=O)N(C)C)cc1)N(c1ccccc1F)S(C)(=O)=O. The molecule has 12 heteroatoms. The molecule has 2 aromatic carbocycles. The number of anilines is 1. The van der Waals surface area contributed by atoms with E-state index in [1.807, 2.05) is 0 Å². The van der Waals surface area contributed by atoms with Crippen LogP contribution < -0.4 is 14.4 Å². The van der Waals surface area contributed by atoms with Gasteiger partial charge in [-0.2, -0.15) is 0 Å². The van der Waals surface area contributed by atoms with Gasteiger partial charge in [-0.3, -0.25) is 9.10 Å². The van der Waals surface area contributed by atoms with E-state index in [1.165, 1.54) is 63.5 Å². The van der Waals surface area contributed by atoms with Crippen molar-refractivity contribution in [2.75, 3.05) is 37.8 Å². The first-order chi connectivity index (χ1) is 14.9. The quantitative estimate of drug-likeness (QED) is 0.507. The van der Waals surface area contributed by atoms with E-state index in [9.17, 15) is 26.0 Å². The molecule has 2 aromatic rings. The van der Waals surface area contributed by atoms with E-state index < -0.39 is 37.8 Å². The van der Waals surface area contributed by atoms with Crippen LogP contribution in [0.5, 0.6) is 5.75 Å². The molecule has 0 spiro atoms. The highest BCUT2D eigenvalue weighted by Crippen LogP contribution is 2.24. The summed E-state index contributed by atoms with van der Waals surface area (Å²) in [6, 6.07) is 9.89. The Morgan fingerprint density at radius 2 is 1.66 bits per heavy atom. The van der Waals surface area contributed by atoms with E-state index >= 15 is 0 Å². The second-order valence-electron chi connectivity index (χ2n) is 7.08. The Balaban J connectivity index is 1.96. The van der Waals surface area contributed by atoms with Gasteiger partial charge in [0.05, 0.1) is 23.4 Å². The van der Waals surface area contributed by atoms with Crippen molar-refractivity contribution in [3.05, 3.63) is 54.3 Å². The van der Waals surface area contributed by atoms with Crippen LogP contribution in [0.1, 0.15) is 6.92 Å². The lowest BCUT2D eigenvalue weighted by Crippen LogP contribution is -2.48. The summed E-state index contributed by atoms with van der Waals surface area (Å²) in [6.07, 6.45) is 0.895. The standard InChI is InChI=1S/C20H26FN3O6S2/c1-15(24(31(4,26)27)19-8-6-5-7-18(19)21)20(25)22-13-14-30-16-9-11-17(12-10-16)32(28,29)23(2)3/h5-12,15H,13-14H2,1-4H3,(H,22,25)/t15-/m0/s1. The van der Waals surface area contributed by atoms with Crippen LogP contribution in [0, 0.1) is 5.82 Å². The Labute approximate surface area is 187 Å². The average molecular weight is 488 g/mol. The number of benzene rings is 2. The minimum Gasteiger partial charge on any atom is -0.492 e. The first kappa shape index (κ1) is 25.6. The largest absolute Gasteiger partial charge is 0.492 e. The van der Waals surface area contributed by atoms with E-state index in [2.05, 4.69) is 5.32 Å². The molecule has 1 amide bonds. The first-order valence-corrected chi connectivity index (χ1v) is 12.8. The van der Waals surface area contributed by atoms with Crippen molar-refractivity contribution in [2.45, 2.75) is 17.9 Å². The van der Waals surface area contributed by atoms with Crippen LogP contribution in [-0.4, -0.2) is 66.6 Å². The number of nitrogens with one attached hydrogen (secondary N) is 1. The van der Waals surface area contributed by atoms with Gasteiger partial charge in [0, 0.05) is 14.1 Å². The van der Waals surface area contributed by atoms with Crippen molar-refractivity contribution in [3.8, 4) is 5.75 Å². The third kappa shape index (κ3) is 6.17. The molecule has 0 unspecified atom stereocenters. The molecule has 2 rings (SSSR count). The summed E-state index contributed by atoms with van der Waals surface area (Å²) in [5.41, 5.74) is -0.221. The van der Waals surface area contributed by atoms with Gasteiger partial charge in [-0.15, -0.1) is 0 Å². The molecular weight excluding hydrogens is 461 g/mol. The number of ether oxygens (including phenoxy) is 1. The Bertz CT molecular complexity index is 1150. The van der Waals surface area contributed by atoms with Crippen LogP contribution in [0.25, 0.3) is 0 Å². The van der Waals surface area contributed by atoms with Crippen molar-refractivity contribution >= 4 is 31.6 Å². The summed E-state index contributed by atoms with van der Waals surface area (Å²) >= 11 is 0. The zero-order valence-corrected chi connectivity index (χ0v) is 19.8. The number of hydrogen-bond acceptors (Lipinski definition) is 6. The van der Waals surface area contributed by atoms with Gasteiger partial charge in [-0.25, -0.2) is 25.5 Å². The number of sulfonamides is 2. The van der Waals surface area contributed by atoms with Crippen molar-refractivity contribution in [2.24, 2.45) is 0 Å². The number of halogens is 1. The lowest BCUT2D eigenvalue weighted by atomic mass is 10.2. The Morgan fingerprint density at radius 3 is 2.19 bits per heavy atom. The minimum absolute atomic E-state index is 0.0514. The molecule has 0 radical (unpaired) electrons. The van der Waals surface area contributed by atoms with E-state index in [0.29, 0.717) is 5.75 Å². The van der Waals surface area contributed by atoms with Crippen LogP contribution in [-0.2, 0) is 24.8 Å². The fourth-order valence-electron chi connectivity index (χ4n) is 2.82. The van der Waals surface area contributed by atoms with Crippen LogP contribution in [0.3, 0.4) is 0 Å². The fraction of sp³-hybridized carbons (Fsp3) is 0.350. The highest BCUT2D eigenvalue weighted by molar-refractivity contribution is 7.92. The molecule has 0 heterocycles. The predicted molar refractivity (Wildman–Crippen MR) is 119 cm³/mol. The smallest absolute Gasteiger partial charge is 0.243 e. The fourth-order valence-corrected chi connectivity index (χ4v) is 4.90. The third-order valence-corrected chi connectivity index (χ3v) is 7.51. The van der Waals surface area contributed by atoms with Crippen LogP contribution in [0.2, 0.25) is 0 Å². The van der Waals surface area contributed by atoms with Gasteiger partial charge in [-0.1, -0.05) is 12.1 Å². The monoisotopic (exact) mass is 487 g/mol. The van der Waals surface area contributed by atoms with Gasteiger partial charge in [0.2, 0.25) is 26.0 Å². The maximum atomic E-state index is 14.1. The molecule has 0 aliphatic rings.